The van der Waals surface area contributed by atoms with E-state index in [9.17, 15) is 9.59 Å². The van der Waals surface area contributed by atoms with Crippen LogP contribution in [0.1, 0.15) is 58.8 Å². The number of hydrogen-bond acceptors (Lipinski definition) is 3. The predicted octanol–water partition coefficient (Wildman–Crippen LogP) is 3.43. The Labute approximate surface area is 110 Å². The second kappa shape index (κ2) is 7.34. The predicted molar refractivity (Wildman–Crippen MR) is 71.2 cm³/mol. The normalized spacial score (nSPS) is 23.8. The van der Waals surface area contributed by atoms with Crippen LogP contribution in [0, 0.1) is 5.41 Å². The molecule has 0 aromatic rings. The lowest BCUT2D eigenvalue weighted by Gasteiger charge is -2.24. The molecule has 0 heterocycles. The molecule has 0 saturated heterocycles. The molecule has 1 rings (SSSR count). The van der Waals surface area contributed by atoms with Gasteiger partial charge in [0.05, 0.1) is 0 Å². The van der Waals surface area contributed by atoms with Crippen molar-refractivity contribution in [3.05, 3.63) is 12.2 Å². The van der Waals surface area contributed by atoms with Gasteiger partial charge in [-0.1, -0.05) is 38.3 Å². The Hall–Kier alpha value is -1.12. The summed E-state index contributed by atoms with van der Waals surface area (Å²) in [6.07, 6.45) is 9.41. The molecule has 0 amide bonds. The largest absolute Gasteiger partial charge is 0.461 e. The zero-order valence-corrected chi connectivity index (χ0v) is 11.5. The quantitative estimate of drug-likeness (QED) is 0.302. The van der Waals surface area contributed by atoms with Gasteiger partial charge in [-0.25, -0.2) is 0 Å². The molecule has 0 spiro atoms. The highest BCUT2D eigenvalue weighted by Crippen LogP contribution is 2.40. The van der Waals surface area contributed by atoms with Gasteiger partial charge in [-0.3, -0.25) is 9.59 Å². The van der Waals surface area contributed by atoms with Crippen LogP contribution in [0.5, 0.6) is 0 Å². The van der Waals surface area contributed by atoms with E-state index in [-0.39, 0.29) is 18.4 Å². The molecule has 1 saturated carbocycles. The van der Waals surface area contributed by atoms with Gasteiger partial charge in [0, 0.05) is 6.42 Å². The van der Waals surface area contributed by atoms with Crippen molar-refractivity contribution in [1.82, 2.24) is 0 Å². The third-order valence-corrected chi connectivity index (χ3v) is 3.69. The Balaban J connectivity index is 2.65. The van der Waals surface area contributed by atoms with Crippen molar-refractivity contribution in [3.63, 3.8) is 0 Å². The first kappa shape index (κ1) is 14.9. The van der Waals surface area contributed by atoms with Gasteiger partial charge in [-0.15, -0.1) is 0 Å². The standard InChI is InChI=1S/C15H24O3/c1-3-5-7-10-15(11-8-9-13(15)16)14(17)18-12-6-4-2/h4,6H,3,5,7-12H2,1-2H3. The SMILES string of the molecule is CC=CCOC(=O)C1(CCCCC)CCCC1=O. The fourth-order valence-corrected chi connectivity index (χ4v) is 2.55. The Bertz CT molecular complexity index is 320. The second-order valence-corrected chi connectivity index (χ2v) is 4.98. The molecule has 0 aromatic carbocycles. The van der Waals surface area contributed by atoms with Gasteiger partial charge in [0.25, 0.3) is 0 Å². The lowest BCUT2D eigenvalue weighted by atomic mass is 9.80. The first-order valence-electron chi connectivity index (χ1n) is 6.99. The van der Waals surface area contributed by atoms with Crippen LogP contribution in [0.25, 0.3) is 0 Å². The van der Waals surface area contributed by atoms with Crippen LogP contribution >= 0.6 is 0 Å². The Morgan fingerprint density at radius 3 is 2.78 bits per heavy atom. The summed E-state index contributed by atoms with van der Waals surface area (Å²) >= 11 is 0. The third kappa shape index (κ3) is 3.44. The first-order chi connectivity index (χ1) is 8.67. The monoisotopic (exact) mass is 252 g/mol. The Kier molecular flexibility index (Phi) is 6.10. The fraction of sp³-hybridized carbons (Fsp3) is 0.733. The van der Waals surface area contributed by atoms with Crippen molar-refractivity contribution in [2.45, 2.75) is 58.8 Å². The highest BCUT2D eigenvalue weighted by molar-refractivity contribution is 6.05. The average molecular weight is 252 g/mol. The minimum atomic E-state index is -0.823. The summed E-state index contributed by atoms with van der Waals surface area (Å²) in [5, 5.41) is 0. The molecule has 102 valence electrons. The van der Waals surface area contributed by atoms with Crippen LogP contribution in [-0.2, 0) is 14.3 Å². The topological polar surface area (TPSA) is 43.4 Å². The number of esters is 1. The summed E-state index contributed by atoms with van der Waals surface area (Å²) in [6.45, 7) is 4.28. The van der Waals surface area contributed by atoms with Crippen molar-refractivity contribution in [1.29, 1.82) is 0 Å². The zero-order chi connectivity index (χ0) is 13.4. The van der Waals surface area contributed by atoms with E-state index in [1.807, 2.05) is 13.0 Å². The van der Waals surface area contributed by atoms with Crippen LogP contribution < -0.4 is 0 Å². The van der Waals surface area contributed by atoms with Gasteiger partial charge >= 0.3 is 5.97 Å². The van der Waals surface area contributed by atoms with Crippen LogP contribution in [-0.4, -0.2) is 18.4 Å². The molecule has 1 aliphatic rings. The maximum Gasteiger partial charge on any atom is 0.319 e. The van der Waals surface area contributed by atoms with E-state index < -0.39 is 5.41 Å². The number of rotatable bonds is 7. The lowest BCUT2D eigenvalue weighted by molar-refractivity contribution is -0.158. The van der Waals surface area contributed by atoms with Gasteiger partial charge in [-0.05, 0) is 26.2 Å². The van der Waals surface area contributed by atoms with Gasteiger partial charge in [0.1, 0.15) is 17.8 Å². The Morgan fingerprint density at radius 2 is 2.22 bits per heavy atom. The van der Waals surface area contributed by atoms with Gasteiger partial charge in [0.2, 0.25) is 0 Å². The molecule has 1 atom stereocenters. The molecule has 1 fully saturated rings. The van der Waals surface area contributed by atoms with Crippen LogP contribution in [0.15, 0.2) is 12.2 Å². The maximum absolute atomic E-state index is 12.2. The summed E-state index contributed by atoms with van der Waals surface area (Å²) in [5.41, 5.74) is -0.823. The zero-order valence-electron chi connectivity index (χ0n) is 11.5. The maximum atomic E-state index is 12.2. The fourth-order valence-electron chi connectivity index (χ4n) is 2.55. The molecule has 3 nitrogen and oxygen atoms in total. The summed E-state index contributed by atoms with van der Waals surface area (Å²) in [5.74, 6) is -0.219. The molecule has 0 N–H and O–H groups in total. The van der Waals surface area contributed by atoms with Crippen molar-refractivity contribution in [3.8, 4) is 0 Å². The van der Waals surface area contributed by atoms with E-state index in [1.54, 1.807) is 6.08 Å². The van der Waals surface area contributed by atoms with E-state index in [2.05, 4.69) is 6.92 Å². The molecule has 18 heavy (non-hydrogen) atoms. The van der Waals surface area contributed by atoms with E-state index >= 15 is 0 Å². The van der Waals surface area contributed by atoms with E-state index in [0.29, 0.717) is 19.3 Å². The van der Waals surface area contributed by atoms with Crippen LogP contribution in [0.3, 0.4) is 0 Å². The number of ether oxygens (including phenoxy) is 1. The smallest absolute Gasteiger partial charge is 0.319 e. The minimum Gasteiger partial charge on any atom is -0.461 e. The molecule has 1 unspecified atom stereocenters. The van der Waals surface area contributed by atoms with Crippen LogP contribution in [0.2, 0.25) is 0 Å². The minimum absolute atomic E-state index is 0.0871. The second-order valence-electron chi connectivity index (χ2n) is 4.98. The van der Waals surface area contributed by atoms with Gasteiger partial charge < -0.3 is 4.74 Å². The lowest BCUT2D eigenvalue weighted by Crippen LogP contribution is -2.37. The van der Waals surface area contributed by atoms with E-state index in [1.165, 1.54) is 0 Å². The van der Waals surface area contributed by atoms with E-state index in [4.69, 9.17) is 4.74 Å². The summed E-state index contributed by atoms with van der Waals surface area (Å²) in [4.78, 5) is 24.2. The summed E-state index contributed by atoms with van der Waals surface area (Å²) in [6, 6.07) is 0. The molecular formula is C15H24O3. The number of hydrogen-bond donors (Lipinski definition) is 0. The van der Waals surface area contributed by atoms with Crippen LogP contribution in [0.4, 0.5) is 0 Å². The van der Waals surface area contributed by atoms with Gasteiger partial charge in [0.15, 0.2) is 0 Å². The number of allylic oxidation sites excluding steroid dienone is 1. The first-order valence-corrected chi connectivity index (χ1v) is 6.99. The highest BCUT2D eigenvalue weighted by Gasteiger charge is 2.48. The highest BCUT2D eigenvalue weighted by atomic mass is 16.5. The van der Waals surface area contributed by atoms with Crippen molar-refractivity contribution >= 4 is 11.8 Å². The molecule has 0 radical (unpaired) electrons. The number of carbonyl (C=O) groups excluding carboxylic acids is 2. The molecular weight excluding hydrogens is 228 g/mol. The summed E-state index contributed by atoms with van der Waals surface area (Å²) < 4.78 is 5.22. The molecule has 3 heteroatoms. The Morgan fingerprint density at radius 1 is 1.44 bits per heavy atom. The van der Waals surface area contributed by atoms with Crippen molar-refractivity contribution < 1.29 is 14.3 Å². The van der Waals surface area contributed by atoms with Gasteiger partial charge in [-0.2, -0.15) is 0 Å². The van der Waals surface area contributed by atoms with Crippen molar-refractivity contribution in [2.75, 3.05) is 6.61 Å². The average Bonchev–Trinajstić information content (AvgIpc) is 2.73. The molecule has 0 bridgehead atoms. The number of ketones is 1. The van der Waals surface area contributed by atoms with Crippen molar-refractivity contribution in [2.24, 2.45) is 5.41 Å². The molecule has 1 aliphatic carbocycles. The number of unbranched alkanes of at least 4 members (excludes halogenated alkanes) is 2. The number of carbonyl (C=O) groups is 2. The molecule has 0 aliphatic heterocycles. The summed E-state index contributed by atoms with van der Waals surface area (Å²) in [7, 11) is 0. The third-order valence-electron chi connectivity index (χ3n) is 3.69. The number of Topliss-reactive ketones (excluding diaryl/α,β-unsaturated/α-hetero) is 1. The molecule has 0 aromatic heterocycles. The van der Waals surface area contributed by atoms with E-state index in [0.717, 1.165) is 25.7 Å².